The van der Waals surface area contributed by atoms with Crippen LogP contribution in [0.15, 0.2) is 0 Å². The molecule has 3 atom stereocenters. The molecule has 1 rings (SSSR count). The molecule has 0 bridgehead atoms. The number of carboxylic acids is 1. The first-order valence-electron chi connectivity index (χ1n) is 6.22. The second-order valence-corrected chi connectivity index (χ2v) is 5.43. The summed E-state index contributed by atoms with van der Waals surface area (Å²) in [6.07, 6.45) is 0.948. The van der Waals surface area contributed by atoms with Gasteiger partial charge in [-0.1, -0.05) is 13.8 Å². The lowest BCUT2D eigenvalue weighted by atomic mass is 9.89. The van der Waals surface area contributed by atoms with Crippen LogP contribution in [-0.4, -0.2) is 52.3 Å². The second kappa shape index (κ2) is 5.56. The van der Waals surface area contributed by atoms with Crippen molar-refractivity contribution in [1.29, 1.82) is 0 Å². The first-order valence-corrected chi connectivity index (χ1v) is 6.22. The summed E-state index contributed by atoms with van der Waals surface area (Å²) < 4.78 is 0. The van der Waals surface area contributed by atoms with E-state index < -0.39 is 11.6 Å². The molecule has 0 radical (unpaired) electrons. The lowest BCUT2D eigenvalue weighted by Crippen LogP contribution is -2.52. The molecule has 1 saturated heterocycles. The number of likely N-dealkylation sites (tertiary alicyclic amines) is 1. The number of carboxylic acid groups (broad SMARTS) is 1. The highest BCUT2D eigenvalue weighted by molar-refractivity contribution is 5.79. The number of nitrogens with one attached hydrogen (secondary N) is 1. The van der Waals surface area contributed by atoms with Crippen LogP contribution in [0.1, 0.15) is 27.2 Å². The minimum Gasteiger partial charge on any atom is -0.479 e. The molecule has 1 heterocycles. The predicted octanol–water partition coefficient (Wildman–Crippen LogP) is 0.509. The van der Waals surface area contributed by atoms with Crippen molar-refractivity contribution in [3.63, 3.8) is 0 Å². The standard InChI is InChI=1S/C12H22N2O4/c1-8-4-5-14(6-9(8)2)11(17)13-7-12(3,18)10(15)16/h8-9,18H,4-7H2,1-3H3,(H,13,17)(H,15,16). The Morgan fingerprint density at radius 2 is 2.00 bits per heavy atom. The van der Waals surface area contributed by atoms with Crippen molar-refractivity contribution in [3.8, 4) is 0 Å². The molecule has 104 valence electrons. The maximum Gasteiger partial charge on any atom is 0.337 e. The smallest absolute Gasteiger partial charge is 0.337 e. The van der Waals surface area contributed by atoms with E-state index >= 15 is 0 Å². The van der Waals surface area contributed by atoms with Crippen molar-refractivity contribution >= 4 is 12.0 Å². The van der Waals surface area contributed by atoms with E-state index in [9.17, 15) is 14.7 Å². The zero-order valence-electron chi connectivity index (χ0n) is 11.1. The number of piperidine rings is 1. The highest BCUT2D eigenvalue weighted by Crippen LogP contribution is 2.22. The topological polar surface area (TPSA) is 89.9 Å². The Hall–Kier alpha value is -1.30. The molecule has 6 nitrogen and oxygen atoms in total. The van der Waals surface area contributed by atoms with E-state index in [0.29, 0.717) is 24.9 Å². The maximum absolute atomic E-state index is 11.8. The third-order valence-corrected chi connectivity index (χ3v) is 3.67. The Balaban J connectivity index is 2.45. The van der Waals surface area contributed by atoms with Gasteiger partial charge >= 0.3 is 12.0 Å². The Morgan fingerprint density at radius 3 is 2.50 bits per heavy atom. The molecule has 0 aromatic carbocycles. The second-order valence-electron chi connectivity index (χ2n) is 5.43. The van der Waals surface area contributed by atoms with E-state index in [1.54, 1.807) is 4.90 Å². The van der Waals surface area contributed by atoms with Gasteiger partial charge in [-0.2, -0.15) is 0 Å². The van der Waals surface area contributed by atoms with E-state index in [1.165, 1.54) is 0 Å². The quantitative estimate of drug-likeness (QED) is 0.688. The van der Waals surface area contributed by atoms with Crippen LogP contribution in [0.2, 0.25) is 0 Å². The number of urea groups is 1. The first kappa shape index (κ1) is 14.8. The van der Waals surface area contributed by atoms with Crippen molar-refractivity contribution < 1.29 is 19.8 Å². The van der Waals surface area contributed by atoms with Gasteiger partial charge in [0.1, 0.15) is 0 Å². The van der Waals surface area contributed by atoms with Crippen LogP contribution in [0.3, 0.4) is 0 Å². The number of aliphatic carboxylic acids is 1. The molecular formula is C12H22N2O4. The summed E-state index contributed by atoms with van der Waals surface area (Å²) in [6, 6.07) is -0.310. The average Bonchev–Trinajstić information content (AvgIpc) is 2.29. The summed E-state index contributed by atoms with van der Waals surface area (Å²) in [6.45, 7) is 6.47. The van der Waals surface area contributed by atoms with Crippen molar-refractivity contribution in [3.05, 3.63) is 0 Å². The van der Waals surface area contributed by atoms with Crippen LogP contribution < -0.4 is 5.32 Å². The third-order valence-electron chi connectivity index (χ3n) is 3.67. The van der Waals surface area contributed by atoms with E-state index in [-0.39, 0.29) is 12.6 Å². The highest BCUT2D eigenvalue weighted by Gasteiger charge is 2.32. The van der Waals surface area contributed by atoms with E-state index in [0.717, 1.165) is 13.3 Å². The SMILES string of the molecule is CC1CCN(C(=O)NCC(C)(O)C(=O)O)CC1C. The molecule has 2 amide bonds. The summed E-state index contributed by atoms with van der Waals surface area (Å²) >= 11 is 0. The number of nitrogens with zero attached hydrogens (tertiary/aromatic N) is 1. The Morgan fingerprint density at radius 1 is 1.39 bits per heavy atom. The number of rotatable bonds is 3. The lowest BCUT2D eigenvalue weighted by molar-refractivity contribution is -0.155. The van der Waals surface area contributed by atoms with Gasteiger partial charge in [-0.25, -0.2) is 9.59 Å². The highest BCUT2D eigenvalue weighted by atomic mass is 16.4. The molecule has 3 N–H and O–H groups in total. The van der Waals surface area contributed by atoms with Gasteiger partial charge in [0.2, 0.25) is 0 Å². The molecule has 1 aliphatic heterocycles. The van der Waals surface area contributed by atoms with Crippen LogP contribution >= 0.6 is 0 Å². The lowest BCUT2D eigenvalue weighted by Gasteiger charge is -2.35. The zero-order chi connectivity index (χ0) is 13.9. The summed E-state index contributed by atoms with van der Waals surface area (Å²) in [5.41, 5.74) is -1.93. The monoisotopic (exact) mass is 258 g/mol. The summed E-state index contributed by atoms with van der Waals surface area (Å²) in [7, 11) is 0. The van der Waals surface area contributed by atoms with Crippen LogP contribution in [0.25, 0.3) is 0 Å². The summed E-state index contributed by atoms with van der Waals surface area (Å²) in [4.78, 5) is 24.2. The number of hydrogen-bond donors (Lipinski definition) is 3. The largest absolute Gasteiger partial charge is 0.479 e. The molecule has 0 spiro atoms. The average molecular weight is 258 g/mol. The van der Waals surface area contributed by atoms with Crippen molar-refractivity contribution in [2.24, 2.45) is 11.8 Å². The summed E-state index contributed by atoms with van der Waals surface area (Å²) in [5, 5.41) is 20.7. The fourth-order valence-electron chi connectivity index (χ4n) is 1.88. The van der Waals surface area contributed by atoms with Gasteiger partial charge < -0.3 is 20.4 Å². The normalized spacial score (nSPS) is 27.4. The molecule has 0 saturated carbocycles. The molecule has 1 fully saturated rings. The molecule has 3 unspecified atom stereocenters. The molecule has 1 aliphatic rings. The van der Waals surface area contributed by atoms with Gasteiger partial charge in [0, 0.05) is 13.1 Å². The van der Waals surface area contributed by atoms with Gasteiger partial charge in [0.25, 0.3) is 0 Å². The number of amides is 2. The van der Waals surface area contributed by atoms with Gasteiger partial charge in [-0.05, 0) is 25.2 Å². The maximum atomic E-state index is 11.8. The molecule has 0 aliphatic carbocycles. The van der Waals surface area contributed by atoms with E-state index in [2.05, 4.69) is 19.2 Å². The van der Waals surface area contributed by atoms with Crippen LogP contribution in [0.4, 0.5) is 4.79 Å². The van der Waals surface area contributed by atoms with Gasteiger partial charge in [-0.15, -0.1) is 0 Å². The van der Waals surface area contributed by atoms with E-state index in [1.807, 2.05) is 0 Å². The van der Waals surface area contributed by atoms with E-state index in [4.69, 9.17) is 5.11 Å². The van der Waals surface area contributed by atoms with Gasteiger partial charge in [-0.3, -0.25) is 0 Å². The molecule has 0 aromatic rings. The van der Waals surface area contributed by atoms with Crippen molar-refractivity contribution in [1.82, 2.24) is 10.2 Å². The fourth-order valence-corrected chi connectivity index (χ4v) is 1.88. The fraction of sp³-hybridized carbons (Fsp3) is 0.833. The molecule has 6 heteroatoms. The molecular weight excluding hydrogens is 236 g/mol. The minimum atomic E-state index is -1.93. The number of carbonyl (C=O) groups is 2. The zero-order valence-corrected chi connectivity index (χ0v) is 11.1. The Kier molecular flexibility index (Phi) is 4.56. The van der Waals surface area contributed by atoms with Gasteiger partial charge in [0.05, 0.1) is 6.54 Å². The molecule has 0 aromatic heterocycles. The summed E-state index contributed by atoms with van der Waals surface area (Å²) in [5.74, 6) is -0.316. The Labute approximate surface area is 107 Å². The number of aliphatic hydroxyl groups is 1. The molecule has 18 heavy (non-hydrogen) atoms. The predicted molar refractivity (Wildman–Crippen MR) is 66.2 cm³/mol. The van der Waals surface area contributed by atoms with Gasteiger partial charge in [0.15, 0.2) is 5.60 Å². The third kappa shape index (κ3) is 3.60. The van der Waals surface area contributed by atoms with Crippen LogP contribution in [0, 0.1) is 11.8 Å². The van der Waals surface area contributed by atoms with Crippen molar-refractivity contribution in [2.75, 3.05) is 19.6 Å². The van der Waals surface area contributed by atoms with Crippen molar-refractivity contribution in [2.45, 2.75) is 32.8 Å². The van der Waals surface area contributed by atoms with Crippen LogP contribution in [-0.2, 0) is 4.79 Å². The number of carbonyl (C=O) groups excluding carboxylic acids is 1. The number of hydrogen-bond acceptors (Lipinski definition) is 3. The Bertz CT molecular complexity index is 330. The van der Waals surface area contributed by atoms with Crippen LogP contribution in [0.5, 0.6) is 0 Å². The minimum absolute atomic E-state index is 0.290. The first-order chi connectivity index (χ1) is 8.24.